The summed E-state index contributed by atoms with van der Waals surface area (Å²) >= 11 is 0.774. The molecule has 210 valence electrons. The highest BCUT2D eigenvalue weighted by molar-refractivity contribution is 7.09. The number of aromatic nitrogens is 1. The van der Waals surface area contributed by atoms with Crippen molar-refractivity contribution in [3.63, 3.8) is 0 Å². The summed E-state index contributed by atoms with van der Waals surface area (Å²) < 4.78 is 20.3. The van der Waals surface area contributed by atoms with Crippen LogP contribution in [0.1, 0.15) is 69.4 Å². The predicted molar refractivity (Wildman–Crippen MR) is 148 cm³/mol. The minimum Gasteiger partial charge on any atom is -0.497 e. The van der Waals surface area contributed by atoms with E-state index in [-0.39, 0.29) is 41.5 Å². The molecule has 1 aliphatic carbocycles. The monoisotopic (exact) mass is 565 g/mol. The van der Waals surface area contributed by atoms with Gasteiger partial charge in [-0.05, 0) is 59.8 Å². The molecule has 0 spiro atoms. The Morgan fingerprint density at radius 3 is 2.50 bits per heavy atom. The minimum atomic E-state index is -1.02. The van der Waals surface area contributed by atoms with Crippen LogP contribution in [0.25, 0.3) is 0 Å². The second kappa shape index (κ2) is 11.8. The number of methoxy groups -OCH3 is 1. The number of fused-ring (bicyclic) bond motifs is 1. The number of carbonyl (C=O) groups is 3. The summed E-state index contributed by atoms with van der Waals surface area (Å²) in [5.41, 5.74) is 12.6. The lowest BCUT2D eigenvalue weighted by Crippen LogP contribution is -2.46. The van der Waals surface area contributed by atoms with Crippen molar-refractivity contribution in [2.24, 2.45) is 5.73 Å². The molecule has 1 saturated carbocycles. The van der Waals surface area contributed by atoms with E-state index in [1.807, 2.05) is 6.07 Å². The Kier molecular flexibility index (Phi) is 8.06. The standard InChI is InChI=1S/C28H31N5O6S/c1-37-19-10-8-17(9-11-19)24(27(35)31-18-5-3-2-4-6-18)33(14-16-7-12-20-21(13-16)39-15-38-20)28(36)25-22(29)23(26(30)34)32-40-25/h7-13,18,24H,2-6,14-15,29H2,1H3,(H2,30,34)(H,31,35)/t24-/m0/s1. The zero-order valence-corrected chi connectivity index (χ0v) is 22.9. The average molecular weight is 566 g/mol. The van der Waals surface area contributed by atoms with Crippen LogP contribution in [0.5, 0.6) is 17.2 Å². The van der Waals surface area contributed by atoms with Gasteiger partial charge < -0.3 is 35.9 Å². The van der Waals surface area contributed by atoms with E-state index in [9.17, 15) is 14.4 Å². The topological polar surface area (TPSA) is 159 Å². The van der Waals surface area contributed by atoms with Crippen molar-refractivity contribution in [2.75, 3.05) is 19.6 Å². The van der Waals surface area contributed by atoms with E-state index in [1.54, 1.807) is 43.5 Å². The number of hydrogen-bond donors (Lipinski definition) is 3. The van der Waals surface area contributed by atoms with Crippen LogP contribution in [0.4, 0.5) is 5.69 Å². The van der Waals surface area contributed by atoms with Crippen molar-refractivity contribution in [1.29, 1.82) is 0 Å². The molecule has 1 fully saturated rings. The number of amides is 3. The van der Waals surface area contributed by atoms with Crippen LogP contribution in [-0.2, 0) is 11.3 Å². The maximum absolute atomic E-state index is 14.2. The number of nitrogens with two attached hydrogens (primary N) is 2. The quantitative estimate of drug-likeness (QED) is 0.356. The molecule has 1 aliphatic heterocycles. The Labute approximate surface area is 235 Å². The molecule has 11 nitrogen and oxygen atoms in total. The number of benzene rings is 2. The average Bonchev–Trinajstić information content (AvgIpc) is 3.59. The first-order chi connectivity index (χ1) is 19.4. The second-order valence-corrected chi connectivity index (χ2v) is 10.6. The number of nitrogen functional groups attached to an aromatic ring is 1. The van der Waals surface area contributed by atoms with Crippen LogP contribution >= 0.6 is 11.5 Å². The third-order valence-corrected chi connectivity index (χ3v) is 8.00. The molecule has 3 aromatic rings. The molecule has 2 aliphatic rings. The lowest BCUT2D eigenvalue weighted by molar-refractivity contribution is -0.127. The number of hydrogen-bond acceptors (Lipinski definition) is 9. The molecule has 0 radical (unpaired) electrons. The predicted octanol–water partition coefficient (Wildman–Crippen LogP) is 3.39. The van der Waals surface area contributed by atoms with Gasteiger partial charge in [0.15, 0.2) is 17.2 Å². The van der Waals surface area contributed by atoms with E-state index < -0.39 is 17.9 Å². The number of rotatable bonds is 9. The van der Waals surface area contributed by atoms with Gasteiger partial charge in [0.25, 0.3) is 11.8 Å². The molecule has 2 aromatic carbocycles. The number of primary amides is 1. The number of ether oxygens (including phenoxy) is 3. The first kappa shape index (κ1) is 27.3. The van der Waals surface area contributed by atoms with Gasteiger partial charge in [-0.2, -0.15) is 4.37 Å². The molecule has 0 bridgehead atoms. The normalized spacial score (nSPS) is 15.3. The molecule has 2 heterocycles. The van der Waals surface area contributed by atoms with Crippen molar-refractivity contribution in [3.05, 3.63) is 64.2 Å². The fourth-order valence-electron chi connectivity index (χ4n) is 5.06. The number of anilines is 1. The third-order valence-electron chi connectivity index (χ3n) is 7.15. The summed E-state index contributed by atoms with van der Waals surface area (Å²) in [5, 5.41) is 3.17. The van der Waals surface area contributed by atoms with Gasteiger partial charge in [0.1, 0.15) is 16.7 Å². The van der Waals surface area contributed by atoms with Crippen molar-refractivity contribution < 1.29 is 28.6 Å². The maximum atomic E-state index is 14.2. The molecule has 1 aromatic heterocycles. The Bertz CT molecular complexity index is 1400. The molecule has 1 atom stereocenters. The van der Waals surface area contributed by atoms with Gasteiger partial charge in [0, 0.05) is 12.6 Å². The van der Waals surface area contributed by atoms with E-state index in [2.05, 4.69) is 9.69 Å². The SMILES string of the molecule is COc1ccc([C@@H](C(=O)NC2CCCCC2)N(Cc2ccc3c(c2)OCO3)C(=O)c2snc(C(N)=O)c2N)cc1. The van der Waals surface area contributed by atoms with Crippen LogP contribution in [0.15, 0.2) is 42.5 Å². The summed E-state index contributed by atoms with van der Waals surface area (Å²) in [5.74, 6) is 0.0506. The fraction of sp³-hybridized carbons (Fsp3) is 0.357. The first-order valence-electron chi connectivity index (χ1n) is 13.0. The molecule has 0 saturated heterocycles. The van der Waals surface area contributed by atoms with Crippen LogP contribution in [-0.4, -0.2) is 46.9 Å². The fourth-order valence-corrected chi connectivity index (χ4v) is 5.82. The maximum Gasteiger partial charge on any atom is 0.270 e. The Balaban J connectivity index is 1.57. The Morgan fingerprint density at radius 2 is 1.82 bits per heavy atom. The lowest BCUT2D eigenvalue weighted by Gasteiger charge is -2.33. The van der Waals surface area contributed by atoms with Crippen molar-refractivity contribution in [1.82, 2.24) is 14.6 Å². The number of carbonyl (C=O) groups excluding carboxylic acids is 3. The highest BCUT2D eigenvalue weighted by Crippen LogP contribution is 2.35. The van der Waals surface area contributed by atoms with Crippen molar-refractivity contribution in [2.45, 2.75) is 50.7 Å². The van der Waals surface area contributed by atoms with Crippen LogP contribution in [0, 0.1) is 0 Å². The zero-order valence-electron chi connectivity index (χ0n) is 22.1. The van der Waals surface area contributed by atoms with E-state index in [0.29, 0.717) is 28.4 Å². The smallest absolute Gasteiger partial charge is 0.270 e. The highest BCUT2D eigenvalue weighted by atomic mass is 32.1. The summed E-state index contributed by atoms with van der Waals surface area (Å²) in [7, 11) is 1.56. The largest absolute Gasteiger partial charge is 0.497 e. The van der Waals surface area contributed by atoms with E-state index in [0.717, 1.165) is 43.6 Å². The van der Waals surface area contributed by atoms with Crippen LogP contribution in [0.2, 0.25) is 0 Å². The van der Waals surface area contributed by atoms with Gasteiger partial charge >= 0.3 is 0 Å². The highest BCUT2D eigenvalue weighted by Gasteiger charge is 2.36. The molecule has 5 rings (SSSR count). The summed E-state index contributed by atoms with van der Waals surface area (Å²) in [4.78, 5) is 41.5. The summed E-state index contributed by atoms with van der Waals surface area (Å²) in [6, 6.07) is 11.3. The molecule has 40 heavy (non-hydrogen) atoms. The number of nitrogens with zero attached hydrogens (tertiary/aromatic N) is 2. The van der Waals surface area contributed by atoms with E-state index in [1.165, 1.54) is 4.90 Å². The van der Waals surface area contributed by atoms with Crippen LogP contribution in [0.3, 0.4) is 0 Å². The first-order valence-corrected chi connectivity index (χ1v) is 13.8. The molecule has 0 unspecified atom stereocenters. The van der Waals surface area contributed by atoms with Gasteiger partial charge in [0.05, 0.1) is 12.8 Å². The molecule has 12 heteroatoms. The Morgan fingerprint density at radius 1 is 1.10 bits per heavy atom. The second-order valence-electron chi connectivity index (χ2n) is 9.78. The molecular formula is C28H31N5O6S. The van der Waals surface area contributed by atoms with Gasteiger partial charge in [-0.3, -0.25) is 14.4 Å². The van der Waals surface area contributed by atoms with Crippen LogP contribution < -0.4 is 31.0 Å². The van der Waals surface area contributed by atoms with E-state index >= 15 is 0 Å². The van der Waals surface area contributed by atoms with Gasteiger partial charge in [0.2, 0.25) is 12.7 Å². The minimum absolute atomic E-state index is 0.0134. The van der Waals surface area contributed by atoms with E-state index in [4.69, 9.17) is 25.7 Å². The van der Waals surface area contributed by atoms with Gasteiger partial charge in [-0.1, -0.05) is 37.5 Å². The summed E-state index contributed by atoms with van der Waals surface area (Å²) in [6.07, 6.45) is 4.95. The third kappa shape index (κ3) is 5.67. The lowest BCUT2D eigenvalue weighted by atomic mass is 9.94. The molecular weight excluding hydrogens is 534 g/mol. The molecule has 3 amide bonds. The summed E-state index contributed by atoms with van der Waals surface area (Å²) in [6.45, 7) is 0.139. The van der Waals surface area contributed by atoms with Gasteiger partial charge in [-0.25, -0.2) is 0 Å². The van der Waals surface area contributed by atoms with Crippen molar-refractivity contribution >= 4 is 34.9 Å². The van der Waals surface area contributed by atoms with Crippen molar-refractivity contribution in [3.8, 4) is 17.2 Å². The van der Waals surface area contributed by atoms with Gasteiger partial charge in [-0.15, -0.1) is 0 Å². The number of nitrogens with one attached hydrogen (secondary N) is 1. The molecule has 5 N–H and O–H groups in total. The zero-order chi connectivity index (χ0) is 28.2. The Hall–Kier alpha value is -4.32.